The average Bonchev–Trinajstić information content (AvgIpc) is 1.63. The van der Waals surface area contributed by atoms with Gasteiger partial charge in [0.1, 0.15) is 0 Å². The van der Waals surface area contributed by atoms with Crippen LogP contribution in [0.2, 0.25) is 0 Å². The van der Waals surface area contributed by atoms with E-state index in [0.29, 0.717) is 0 Å². The van der Waals surface area contributed by atoms with Crippen molar-refractivity contribution in [1.29, 1.82) is 0 Å². The van der Waals surface area contributed by atoms with Crippen molar-refractivity contribution >= 4 is 27.5 Å². The van der Waals surface area contributed by atoms with Crippen molar-refractivity contribution in [3.63, 3.8) is 0 Å². The van der Waals surface area contributed by atoms with Crippen LogP contribution < -0.4 is 0 Å². The first-order chi connectivity index (χ1) is 4.06. The average molecular weight is 167 g/mol. The van der Waals surface area contributed by atoms with Gasteiger partial charge in [0.25, 0.3) is 10.1 Å². The first kappa shape index (κ1) is 8.71. The minimum atomic E-state index is -3.88. The Morgan fingerprint density at radius 1 is 1.67 bits per heavy atom. The zero-order valence-corrected chi connectivity index (χ0v) is 6.07. The lowest BCUT2D eigenvalue weighted by Crippen LogP contribution is -2.05. The molecule has 0 aromatic heterocycles. The second-order valence-corrected chi connectivity index (χ2v) is 3.01. The van der Waals surface area contributed by atoms with Crippen molar-refractivity contribution in [2.24, 2.45) is 4.99 Å². The molecule has 0 bridgehead atoms. The van der Waals surface area contributed by atoms with E-state index in [-0.39, 0.29) is 6.54 Å². The molecular formula is C3H5NO3S2. The van der Waals surface area contributed by atoms with Crippen LogP contribution in [0.15, 0.2) is 4.99 Å². The molecule has 0 aliphatic heterocycles. The summed E-state index contributed by atoms with van der Waals surface area (Å²) in [5.74, 6) is -0.392. The van der Waals surface area contributed by atoms with Crippen molar-refractivity contribution in [3.8, 4) is 0 Å². The highest BCUT2D eigenvalue weighted by Gasteiger charge is 2.00. The van der Waals surface area contributed by atoms with Crippen LogP contribution in [0, 0.1) is 0 Å². The van der Waals surface area contributed by atoms with Gasteiger partial charge in [0.15, 0.2) is 0 Å². The summed E-state index contributed by atoms with van der Waals surface area (Å²) < 4.78 is 28.0. The minimum absolute atomic E-state index is 0.0255. The Morgan fingerprint density at radius 3 is 2.56 bits per heavy atom. The monoisotopic (exact) mass is 167 g/mol. The largest absolute Gasteiger partial charge is 0.285 e. The molecule has 0 fully saturated rings. The summed E-state index contributed by atoms with van der Waals surface area (Å²) in [6, 6.07) is 0. The molecule has 1 N–H and O–H groups in total. The minimum Gasteiger partial charge on any atom is -0.285 e. The topological polar surface area (TPSA) is 66.7 Å². The molecule has 9 heavy (non-hydrogen) atoms. The SMILES string of the molecule is O=S(=O)(O)CCN=C=S. The van der Waals surface area contributed by atoms with Gasteiger partial charge in [-0.15, -0.1) is 0 Å². The molecular weight excluding hydrogens is 162 g/mol. The molecule has 0 aliphatic rings. The summed E-state index contributed by atoms with van der Waals surface area (Å²) in [6.07, 6.45) is 0. The molecule has 0 unspecified atom stereocenters. The zero-order chi connectivity index (χ0) is 7.33. The molecule has 0 rings (SSSR count). The van der Waals surface area contributed by atoms with E-state index in [1.54, 1.807) is 0 Å². The smallest absolute Gasteiger partial charge is 0.266 e. The molecule has 6 heteroatoms. The summed E-state index contributed by atoms with van der Waals surface area (Å²) in [5, 5.41) is 1.97. The highest BCUT2D eigenvalue weighted by Crippen LogP contribution is 1.80. The fraction of sp³-hybridized carbons (Fsp3) is 0.667. The number of rotatable bonds is 3. The molecule has 0 radical (unpaired) electrons. The normalized spacial score (nSPS) is 10.3. The third kappa shape index (κ3) is 7.71. The van der Waals surface area contributed by atoms with Gasteiger partial charge in [-0.2, -0.15) is 8.42 Å². The summed E-state index contributed by atoms with van der Waals surface area (Å²) >= 11 is 4.15. The molecule has 0 saturated carbocycles. The van der Waals surface area contributed by atoms with Crippen molar-refractivity contribution in [3.05, 3.63) is 0 Å². The van der Waals surface area contributed by atoms with E-state index in [2.05, 4.69) is 17.2 Å². The van der Waals surface area contributed by atoms with E-state index in [1.807, 2.05) is 5.16 Å². The van der Waals surface area contributed by atoms with Crippen LogP contribution in [0.3, 0.4) is 0 Å². The molecule has 0 spiro atoms. The Kier molecular flexibility index (Phi) is 3.56. The van der Waals surface area contributed by atoms with Crippen molar-refractivity contribution in [1.82, 2.24) is 0 Å². The van der Waals surface area contributed by atoms with Crippen molar-refractivity contribution in [2.75, 3.05) is 12.3 Å². The second-order valence-electron chi connectivity index (χ2n) is 1.26. The summed E-state index contributed by atoms with van der Waals surface area (Å²) in [7, 11) is -3.88. The van der Waals surface area contributed by atoms with Gasteiger partial charge in [-0.25, -0.2) is 4.99 Å². The molecule has 4 nitrogen and oxygen atoms in total. The molecule has 0 aliphatic carbocycles. The molecule has 0 saturated heterocycles. The molecule has 0 aromatic rings. The Hall–Kier alpha value is -0.290. The van der Waals surface area contributed by atoms with Crippen LogP contribution in [0.4, 0.5) is 0 Å². The Morgan fingerprint density at radius 2 is 2.22 bits per heavy atom. The van der Waals surface area contributed by atoms with E-state index in [4.69, 9.17) is 4.55 Å². The highest BCUT2D eigenvalue weighted by molar-refractivity contribution is 7.85. The number of hydrogen-bond acceptors (Lipinski definition) is 4. The predicted molar refractivity (Wildman–Crippen MR) is 36.3 cm³/mol. The van der Waals surface area contributed by atoms with Crippen LogP contribution in [0.5, 0.6) is 0 Å². The number of isothiocyanates is 1. The van der Waals surface area contributed by atoms with Crippen LogP contribution in [0.1, 0.15) is 0 Å². The maximum absolute atomic E-state index is 9.94. The molecule has 0 heterocycles. The second kappa shape index (κ2) is 3.68. The molecule has 0 aromatic carbocycles. The number of aliphatic imine (C=N–C) groups is 1. The van der Waals surface area contributed by atoms with Crippen LogP contribution >= 0.6 is 12.2 Å². The van der Waals surface area contributed by atoms with Crippen LogP contribution in [-0.4, -0.2) is 30.4 Å². The maximum atomic E-state index is 9.94. The Bertz CT molecular complexity index is 213. The third-order valence-corrected chi connectivity index (χ3v) is 1.35. The van der Waals surface area contributed by atoms with E-state index >= 15 is 0 Å². The van der Waals surface area contributed by atoms with E-state index in [0.717, 1.165) is 0 Å². The van der Waals surface area contributed by atoms with Gasteiger partial charge < -0.3 is 0 Å². The first-order valence-corrected chi connectivity index (χ1v) is 4.07. The fourth-order valence-corrected chi connectivity index (χ4v) is 0.620. The van der Waals surface area contributed by atoms with E-state index < -0.39 is 15.9 Å². The predicted octanol–water partition coefficient (Wildman–Crippen LogP) is -0.0230. The van der Waals surface area contributed by atoms with Gasteiger partial charge >= 0.3 is 0 Å². The Labute approximate surface area is 58.4 Å². The number of thiocarbonyl (C=S) groups is 1. The van der Waals surface area contributed by atoms with Gasteiger partial charge in [0.05, 0.1) is 17.5 Å². The van der Waals surface area contributed by atoms with Gasteiger partial charge in [0.2, 0.25) is 0 Å². The fourth-order valence-electron chi connectivity index (χ4n) is 0.207. The third-order valence-electron chi connectivity index (χ3n) is 0.526. The van der Waals surface area contributed by atoms with Crippen molar-refractivity contribution < 1.29 is 13.0 Å². The molecule has 0 amide bonds. The lowest BCUT2D eigenvalue weighted by Gasteiger charge is -1.86. The first-order valence-electron chi connectivity index (χ1n) is 2.05. The number of hydrogen-bond donors (Lipinski definition) is 1. The highest BCUT2D eigenvalue weighted by atomic mass is 32.2. The van der Waals surface area contributed by atoms with Crippen LogP contribution in [0.25, 0.3) is 0 Å². The number of nitrogens with zero attached hydrogens (tertiary/aromatic N) is 1. The Balaban J connectivity index is 3.66. The molecule has 52 valence electrons. The van der Waals surface area contributed by atoms with Crippen LogP contribution in [-0.2, 0) is 10.1 Å². The van der Waals surface area contributed by atoms with Gasteiger partial charge in [-0.3, -0.25) is 4.55 Å². The van der Waals surface area contributed by atoms with E-state index in [9.17, 15) is 8.42 Å². The molecule has 0 atom stereocenters. The van der Waals surface area contributed by atoms with Gasteiger partial charge in [0, 0.05) is 0 Å². The summed E-state index contributed by atoms with van der Waals surface area (Å²) in [6.45, 7) is -0.0255. The van der Waals surface area contributed by atoms with Gasteiger partial charge in [-0.05, 0) is 12.2 Å². The lowest BCUT2D eigenvalue weighted by molar-refractivity contribution is 0.483. The van der Waals surface area contributed by atoms with Crippen molar-refractivity contribution in [2.45, 2.75) is 0 Å². The lowest BCUT2D eigenvalue weighted by atomic mass is 10.8. The van der Waals surface area contributed by atoms with E-state index in [1.165, 1.54) is 0 Å². The maximum Gasteiger partial charge on any atom is 0.266 e. The quantitative estimate of drug-likeness (QED) is 0.364. The van der Waals surface area contributed by atoms with Gasteiger partial charge in [-0.1, -0.05) is 0 Å². The standard InChI is InChI=1S/C3H5NO3S2/c5-9(6,7)2-1-4-3-8/h1-2H2,(H,5,6,7). The summed E-state index contributed by atoms with van der Waals surface area (Å²) in [4.78, 5) is 3.28. The summed E-state index contributed by atoms with van der Waals surface area (Å²) in [5.41, 5.74) is 0. The zero-order valence-electron chi connectivity index (χ0n) is 4.44.